The van der Waals surface area contributed by atoms with E-state index in [4.69, 9.17) is 0 Å². The van der Waals surface area contributed by atoms with Crippen molar-refractivity contribution < 1.29 is 13.9 Å². The lowest BCUT2D eigenvalue weighted by Gasteiger charge is -2.03. The van der Waals surface area contributed by atoms with Crippen molar-refractivity contribution in [3.05, 3.63) is 48.2 Å². The van der Waals surface area contributed by atoms with Gasteiger partial charge in [0.25, 0.3) is 5.78 Å². The third kappa shape index (κ3) is 2.58. The molecule has 1 aromatic carbocycles. The largest absolute Gasteiger partial charge is 0.469 e. The molecule has 2 heterocycles. The molecule has 0 radical (unpaired) electrons. The molecule has 0 fully saturated rings. The smallest absolute Gasteiger partial charge is 0.313 e. The number of ether oxygens (including phenoxy) is 1. The van der Waals surface area contributed by atoms with Crippen molar-refractivity contribution in [2.45, 2.75) is 6.42 Å². The van der Waals surface area contributed by atoms with E-state index < -0.39 is 5.97 Å². The van der Waals surface area contributed by atoms with E-state index in [9.17, 15) is 9.18 Å². The van der Waals surface area contributed by atoms with E-state index in [-0.39, 0.29) is 12.2 Å². The van der Waals surface area contributed by atoms with Crippen molar-refractivity contribution in [3.63, 3.8) is 0 Å². The van der Waals surface area contributed by atoms with Gasteiger partial charge in [-0.15, -0.1) is 5.10 Å². The van der Waals surface area contributed by atoms with Gasteiger partial charge in [-0.2, -0.15) is 9.50 Å². The Bertz CT molecular complexity index is 798. The Morgan fingerprint density at radius 1 is 1.29 bits per heavy atom. The van der Waals surface area contributed by atoms with Crippen LogP contribution in [0.25, 0.3) is 17.0 Å². The van der Waals surface area contributed by atoms with E-state index >= 15 is 0 Å². The lowest BCUT2D eigenvalue weighted by Crippen LogP contribution is -2.06. The number of benzene rings is 1. The van der Waals surface area contributed by atoms with Gasteiger partial charge in [0.2, 0.25) is 0 Å². The number of rotatable bonds is 3. The lowest BCUT2D eigenvalue weighted by molar-refractivity contribution is -0.139. The van der Waals surface area contributed by atoms with Crippen LogP contribution in [-0.4, -0.2) is 32.7 Å². The summed E-state index contributed by atoms with van der Waals surface area (Å²) in [5.41, 5.74) is 1.49. The number of carbonyl (C=O) groups is 1. The molecule has 2 aromatic heterocycles. The number of esters is 1. The molecule has 0 saturated carbocycles. The van der Waals surface area contributed by atoms with Gasteiger partial charge >= 0.3 is 5.97 Å². The molecule has 0 N–H and O–H groups in total. The molecule has 7 heteroatoms. The fraction of sp³-hybridized carbons (Fsp3) is 0.143. The molecule has 3 aromatic rings. The summed E-state index contributed by atoms with van der Waals surface area (Å²) in [5, 5.41) is 4.25. The van der Waals surface area contributed by atoms with Gasteiger partial charge in [0.15, 0.2) is 5.82 Å². The molecular weight excluding hydrogens is 275 g/mol. The highest BCUT2D eigenvalue weighted by molar-refractivity contribution is 5.71. The summed E-state index contributed by atoms with van der Waals surface area (Å²) in [6.45, 7) is 0. The third-order valence-corrected chi connectivity index (χ3v) is 2.95. The molecule has 0 unspecified atom stereocenters. The highest BCUT2D eigenvalue weighted by atomic mass is 19.1. The molecule has 0 bridgehead atoms. The predicted octanol–water partition coefficient (Wildman–Crippen LogP) is 1.65. The van der Waals surface area contributed by atoms with Gasteiger partial charge in [0.05, 0.1) is 12.8 Å². The Balaban J connectivity index is 2.07. The quantitative estimate of drug-likeness (QED) is 0.685. The van der Waals surface area contributed by atoms with Crippen LogP contribution in [0.5, 0.6) is 0 Å². The van der Waals surface area contributed by atoms with Gasteiger partial charge in [-0.3, -0.25) is 4.79 Å². The van der Waals surface area contributed by atoms with Gasteiger partial charge < -0.3 is 4.74 Å². The predicted molar refractivity (Wildman–Crippen MR) is 71.9 cm³/mol. The SMILES string of the molecule is COC(=O)Cc1nc2nccc(-c3ccc(F)cc3)n2n1. The molecule has 0 aliphatic carbocycles. The van der Waals surface area contributed by atoms with E-state index in [1.807, 2.05) is 0 Å². The molecule has 0 atom stereocenters. The number of nitrogens with zero attached hydrogens (tertiary/aromatic N) is 4. The Hall–Kier alpha value is -2.83. The Morgan fingerprint density at radius 2 is 2.05 bits per heavy atom. The average Bonchev–Trinajstić information content (AvgIpc) is 2.90. The first-order valence-corrected chi connectivity index (χ1v) is 6.21. The molecule has 21 heavy (non-hydrogen) atoms. The third-order valence-electron chi connectivity index (χ3n) is 2.95. The van der Waals surface area contributed by atoms with Gasteiger partial charge in [-0.25, -0.2) is 9.37 Å². The highest BCUT2D eigenvalue weighted by Gasteiger charge is 2.13. The summed E-state index contributed by atoms with van der Waals surface area (Å²) in [7, 11) is 1.31. The van der Waals surface area contributed by atoms with Crippen LogP contribution in [-0.2, 0) is 16.0 Å². The van der Waals surface area contributed by atoms with Gasteiger partial charge in [0.1, 0.15) is 12.2 Å². The van der Waals surface area contributed by atoms with Crippen LogP contribution in [0, 0.1) is 5.82 Å². The zero-order valence-corrected chi connectivity index (χ0v) is 11.2. The monoisotopic (exact) mass is 286 g/mol. The Kier molecular flexibility index (Phi) is 3.31. The maximum absolute atomic E-state index is 13.0. The second-order valence-electron chi connectivity index (χ2n) is 4.33. The molecule has 0 aliphatic rings. The maximum atomic E-state index is 13.0. The molecule has 106 valence electrons. The first-order chi connectivity index (χ1) is 10.2. The number of hydrogen-bond donors (Lipinski definition) is 0. The summed E-state index contributed by atoms with van der Waals surface area (Å²) < 4.78 is 19.1. The zero-order chi connectivity index (χ0) is 14.8. The van der Waals surface area contributed by atoms with Crippen LogP contribution < -0.4 is 0 Å². The number of halogens is 1. The first-order valence-electron chi connectivity index (χ1n) is 6.21. The number of aromatic nitrogens is 4. The molecule has 3 rings (SSSR count). The molecular formula is C14H11FN4O2. The lowest BCUT2D eigenvalue weighted by atomic mass is 10.1. The summed E-state index contributed by atoms with van der Waals surface area (Å²) >= 11 is 0. The van der Waals surface area contributed by atoms with E-state index in [1.165, 1.54) is 23.8 Å². The number of carbonyl (C=O) groups excluding carboxylic acids is 1. The van der Waals surface area contributed by atoms with E-state index in [0.717, 1.165) is 5.56 Å². The van der Waals surface area contributed by atoms with Crippen molar-refractivity contribution in [3.8, 4) is 11.3 Å². The first kappa shape index (κ1) is 13.2. The van der Waals surface area contributed by atoms with E-state index in [1.54, 1.807) is 24.4 Å². The minimum absolute atomic E-state index is 0.0251. The van der Waals surface area contributed by atoms with Crippen LogP contribution in [0.4, 0.5) is 4.39 Å². The number of fused-ring (bicyclic) bond motifs is 1. The fourth-order valence-electron chi connectivity index (χ4n) is 1.95. The van der Waals surface area contributed by atoms with Crippen molar-refractivity contribution in [1.82, 2.24) is 19.6 Å². The molecule has 0 saturated heterocycles. The number of hydrogen-bond acceptors (Lipinski definition) is 5. The van der Waals surface area contributed by atoms with E-state index in [2.05, 4.69) is 19.8 Å². The zero-order valence-electron chi connectivity index (χ0n) is 11.2. The van der Waals surface area contributed by atoms with Crippen molar-refractivity contribution in [2.24, 2.45) is 0 Å². The van der Waals surface area contributed by atoms with Crippen molar-refractivity contribution >= 4 is 11.7 Å². The highest BCUT2D eigenvalue weighted by Crippen LogP contribution is 2.19. The van der Waals surface area contributed by atoms with Gasteiger partial charge in [-0.05, 0) is 30.3 Å². The summed E-state index contributed by atoms with van der Waals surface area (Å²) in [4.78, 5) is 19.5. The molecule has 0 amide bonds. The summed E-state index contributed by atoms with van der Waals surface area (Å²) in [5.74, 6) is -0.0390. The van der Waals surface area contributed by atoms with Gasteiger partial charge in [0, 0.05) is 11.8 Å². The van der Waals surface area contributed by atoms with Crippen LogP contribution in [0.1, 0.15) is 5.82 Å². The molecule has 0 spiro atoms. The van der Waals surface area contributed by atoms with Crippen LogP contribution in [0.15, 0.2) is 36.5 Å². The Morgan fingerprint density at radius 3 is 2.76 bits per heavy atom. The average molecular weight is 286 g/mol. The number of methoxy groups -OCH3 is 1. The normalized spacial score (nSPS) is 10.8. The van der Waals surface area contributed by atoms with Crippen molar-refractivity contribution in [2.75, 3.05) is 7.11 Å². The minimum atomic E-state index is -0.422. The van der Waals surface area contributed by atoms with Crippen LogP contribution in [0.3, 0.4) is 0 Å². The maximum Gasteiger partial charge on any atom is 0.313 e. The topological polar surface area (TPSA) is 69.4 Å². The van der Waals surface area contributed by atoms with Gasteiger partial charge in [-0.1, -0.05) is 0 Å². The minimum Gasteiger partial charge on any atom is -0.469 e. The standard InChI is InChI=1S/C14H11FN4O2/c1-21-13(20)8-12-17-14-16-7-6-11(19(14)18-12)9-2-4-10(15)5-3-9/h2-7H,8H2,1H3. The van der Waals surface area contributed by atoms with Crippen LogP contribution >= 0.6 is 0 Å². The van der Waals surface area contributed by atoms with Crippen molar-refractivity contribution in [1.29, 1.82) is 0 Å². The second-order valence-corrected chi connectivity index (χ2v) is 4.33. The molecule has 6 nitrogen and oxygen atoms in total. The fourth-order valence-corrected chi connectivity index (χ4v) is 1.95. The second kappa shape index (κ2) is 5.28. The Labute approximate surface area is 119 Å². The van der Waals surface area contributed by atoms with Crippen LogP contribution in [0.2, 0.25) is 0 Å². The summed E-state index contributed by atoms with van der Waals surface area (Å²) in [6, 6.07) is 7.77. The molecule has 0 aliphatic heterocycles. The summed E-state index contributed by atoms with van der Waals surface area (Å²) in [6.07, 6.45) is 1.56. The van der Waals surface area contributed by atoms with E-state index in [0.29, 0.717) is 17.3 Å².